The SMILES string of the molecule is C=C(CC)CC(O)c1ncccc1CC. The maximum absolute atomic E-state index is 10.0. The molecule has 0 fully saturated rings. The average Bonchev–Trinajstić information content (AvgIpc) is 2.28. The van der Waals surface area contributed by atoms with E-state index in [4.69, 9.17) is 0 Å². The molecule has 0 spiro atoms. The van der Waals surface area contributed by atoms with E-state index in [1.54, 1.807) is 6.20 Å². The molecule has 15 heavy (non-hydrogen) atoms. The number of aromatic nitrogens is 1. The van der Waals surface area contributed by atoms with Crippen molar-refractivity contribution >= 4 is 0 Å². The lowest BCUT2D eigenvalue weighted by atomic mass is 10.0. The fraction of sp³-hybridized carbons (Fsp3) is 0.462. The quantitative estimate of drug-likeness (QED) is 0.749. The standard InChI is InChI=1S/C13H19NO/c1-4-10(3)9-12(15)13-11(5-2)7-6-8-14-13/h6-8,12,15H,3-5,9H2,1-2H3. The molecule has 1 atom stereocenters. The van der Waals surface area contributed by atoms with E-state index in [0.29, 0.717) is 6.42 Å². The summed E-state index contributed by atoms with van der Waals surface area (Å²) in [5.41, 5.74) is 2.98. The summed E-state index contributed by atoms with van der Waals surface area (Å²) in [6, 6.07) is 3.92. The smallest absolute Gasteiger partial charge is 0.0999 e. The Morgan fingerprint density at radius 2 is 2.27 bits per heavy atom. The van der Waals surface area contributed by atoms with Gasteiger partial charge in [-0.2, -0.15) is 0 Å². The van der Waals surface area contributed by atoms with E-state index in [1.807, 2.05) is 19.1 Å². The summed E-state index contributed by atoms with van der Waals surface area (Å²) < 4.78 is 0. The van der Waals surface area contributed by atoms with Gasteiger partial charge in [0, 0.05) is 6.20 Å². The first-order valence-corrected chi connectivity index (χ1v) is 5.47. The number of hydrogen-bond donors (Lipinski definition) is 1. The monoisotopic (exact) mass is 205 g/mol. The highest BCUT2D eigenvalue weighted by Crippen LogP contribution is 2.22. The van der Waals surface area contributed by atoms with E-state index < -0.39 is 6.10 Å². The molecule has 0 aliphatic heterocycles. The molecular formula is C13H19NO. The van der Waals surface area contributed by atoms with Crippen LogP contribution in [0.4, 0.5) is 0 Å². The minimum absolute atomic E-state index is 0.506. The molecule has 1 heterocycles. The molecule has 1 unspecified atom stereocenters. The molecule has 0 bridgehead atoms. The van der Waals surface area contributed by atoms with E-state index in [1.165, 1.54) is 0 Å². The number of aliphatic hydroxyl groups is 1. The molecule has 1 rings (SSSR count). The molecule has 2 nitrogen and oxygen atoms in total. The Hall–Kier alpha value is -1.15. The van der Waals surface area contributed by atoms with Crippen molar-refractivity contribution in [3.8, 4) is 0 Å². The summed E-state index contributed by atoms with van der Waals surface area (Å²) in [6.07, 6.45) is 3.64. The number of rotatable bonds is 5. The zero-order chi connectivity index (χ0) is 11.3. The van der Waals surface area contributed by atoms with Gasteiger partial charge in [0.25, 0.3) is 0 Å². The largest absolute Gasteiger partial charge is 0.386 e. The van der Waals surface area contributed by atoms with Gasteiger partial charge < -0.3 is 5.11 Å². The molecule has 82 valence electrons. The van der Waals surface area contributed by atoms with Gasteiger partial charge in [-0.15, -0.1) is 0 Å². The van der Waals surface area contributed by atoms with Crippen LogP contribution in [0.5, 0.6) is 0 Å². The van der Waals surface area contributed by atoms with E-state index in [2.05, 4.69) is 18.5 Å². The van der Waals surface area contributed by atoms with E-state index in [-0.39, 0.29) is 0 Å². The fourth-order valence-electron chi connectivity index (χ4n) is 1.56. The Morgan fingerprint density at radius 1 is 1.53 bits per heavy atom. The first-order chi connectivity index (χ1) is 7.19. The molecule has 0 saturated carbocycles. The molecule has 0 aliphatic carbocycles. The number of nitrogens with zero attached hydrogens (tertiary/aromatic N) is 1. The predicted molar refractivity (Wildman–Crippen MR) is 62.6 cm³/mol. The van der Waals surface area contributed by atoms with Gasteiger partial charge in [-0.1, -0.05) is 32.1 Å². The number of pyridine rings is 1. The molecule has 1 aromatic rings. The maximum Gasteiger partial charge on any atom is 0.0999 e. The van der Waals surface area contributed by atoms with Gasteiger partial charge in [0.2, 0.25) is 0 Å². The molecular weight excluding hydrogens is 186 g/mol. The van der Waals surface area contributed by atoms with Crippen LogP contribution in [0.15, 0.2) is 30.5 Å². The van der Waals surface area contributed by atoms with Crippen molar-refractivity contribution in [2.24, 2.45) is 0 Å². The van der Waals surface area contributed by atoms with Crippen LogP contribution in [0, 0.1) is 0 Å². The Bertz CT molecular complexity index is 333. The van der Waals surface area contributed by atoms with E-state index in [0.717, 1.165) is 29.7 Å². The van der Waals surface area contributed by atoms with Crippen molar-refractivity contribution in [1.82, 2.24) is 4.98 Å². The average molecular weight is 205 g/mol. The van der Waals surface area contributed by atoms with Crippen molar-refractivity contribution in [3.05, 3.63) is 41.7 Å². The van der Waals surface area contributed by atoms with Crippen LogP contribution in [0.3, 0.4) is 0 Å². The van der Waals surface area contributed by atoms with Crippen LogP contribution in [0.1, 0.15) is 44.1 Å². The highest BCUT2D eigenvalue weighted by atomic mass is 16.3. The van der Waals surface area contributed by atoms with Crippen LogP contribution >= 0.6 is 0 Å². The van der Waals surface area contributed by atoms with Crippen molar-refractivity contribution < 1.29 is 5.11 Å². The third-order valence-electron chi connectivity index (χ3n) is 2.60. The molecule has 0 radical (unpaired) electrons. The van der Waals surface area contributed by atoms with Crippen molar-refractivity contribution in [2.45, 2.75) is 39.2 Å². The van der Waals surface area contributed by atoms with Crippen molar-refractivity contribution in [1.29, 1.82) is 0 Å². The van der Waals surface area contributed by atoms with Crippen molar-refractivity contribution in [3.63, 3.8) is 0 Å². The Labute approximate surface area is 91.7 Å². The summed E-state index contributed by atoms with van der Waals surface area (Å²) in [5.74, 6) is 0. The second kappa shape index (κ2) is 5.66. The van der Waals surface area contributed by atoms with E-state index in [9.17, 15) is 5.11 Å². The molecule has 0 amide bonds. The first-order valence-electron chi connectivity index (χ1n) is 5.47. The summed E-state index contributed by atoms with van der Waals surface area (Å²) in [6.45, 7) is 8.03. The second-order valence-corrected chi connectivity index (χ2v) is 3.72. The Kier molecular flexibility index (Phi) is 4.50. The summed E-state index contributed by atoms with van der Waals surface area (Å²) >= 11 is 0. The first kappa shape index (κ1) is 11.9. The van der Waals surface area contributed by atoms with Crippen LogP contribution in [-0.4, -0.2) is 10.1 Å². The van der Waals surface area contributed by atoms with E-state index >= 15 is 0 Å². The lowest BCUT2D eigenvalue weighted by molar-refractivity contribution is 0.171. The zero-order valence-electron chi connectivity index (χ0n) is 9.53. The summed E-state index contributed by atoms with van der Waals surface area (Å²) in [5, 5.41) is 10.0. The van der Waals surface area contributed by atoms with Gasteiger partial charge in [-0.3, -0.25) is 4.98 Å². The number of hydrogen-bond acceptors (Lipinski definition) is 2. The Morgan fingerprint density at radius 3 is 2.87 bits per heavy atom. The van der Waals surface area contributed by atoms with Crippen LogP contribution in [0.25, 0.3) is 0 Å². The fourth-order valence-corrected chi connectivity index (χ4v) is 1.56. The molecule has 0 aliphatic rings. The highest BCUT2D eigenvalue weighted by molar-refractivity contribution is 5.22. The predicted octanol–water partition coefficient (Wildman–Crippen LogP) is 3.03. The van der Waals surface area contributed by atoms with Crippen LogP contribution < -0.4 is 0 Å². The minimum atomic E-state index is -0.506. The van der Waals surface area contributed by atoms with Gasteiger partial charge in [0.1, 0.15) is 0 Å². The topological polar surface area (TPSA) is 33.1 Å². The Balaban J connectivity index is 2.80. The van der Waals surface area contributed by atoms with Gasteiger partial charge in [0.15, 0.2) is 0 Å². The lowest BCUT2D eigenvalue weighted by Crippen LogP contribution is -2.05. The molecule has 2 heteroatoms. The van der Waals surface area contributed by atoms with Gasteiger partial charge in [0.05, 0.1) is 11.8 Å². The lowest BCUT2D eigenvalue weighted by Gasteiger charge is -2.14. The second-order valence-electron chi connectivity index (χ2n) is 3.72. The summed E-state index contributed by atoms with van der Waals surface area (Å²) in [7, 11) is 0. The summed E-state index contributed by atoms with van der Waals surface area (Å²) in [4.78, 5) is 4.25. The van der Waals surface area contributed by atoms with Gasteiger partial charge in [-0.25, -0.2) is 0 Å². The third-order valence-corrected chi connectivity index (χ3v) is 2.60. The molecule has 1 aromatic heterocycles. The van der Waals surface area contributed by atoms with Crippen molar-refractivity contribution in [2.75, 3.05) is 0 Å². The minimum Gasteiger partial charge on any atom is -0.386 e. The van der Waals surface area contributed by atoms with Crippen LogP contribution in [-0.2, 0) is 6.42 Å². The number of aliphatic hydroxyl groups excluding tert-OH is 1. The van der Waals surface area contributed by atoms with Crippen LogP contribution in [0.2, 0.25) is 0 Å². The third kappa shape index (κ3) is 3.17. The maximum atomic E-state index is 10.0. The zero-order valence-corrected chi connectivity index (χ0v) is 9.53. The van der Waals surface area contributed by atoms with Gasteiger partial charge in [-0.05, 0) is 30.9 Å². The van der Waals surface area contributed by atoms with Gasteiger partial charge >= 0.3 is 0 Å². The molecule has 1 N–H and O–H groups in total. The molecule has 0 saturated heterocycles. The normalized spacial score (nSPS) is 12.5. The number of aryl methyl sites for hydroxylation is 1. The highest BCUT2D eigenvalue weighted by Gasteiger charge is 2.13. The molecule has 0 aromatic carbocycles.